The van der Waals surface area contributed by atoms with Crippen molar-refractivity contribution in [2.24, 2.45) is 5.41 Å². The van der Waals surface area contributed by atoms with Crippen molar-refractivity contribution >= 4 is 25.8 Å². The van der Waals surface area contributed by atoms with Crippen LogP contribution in [0.15, 0.2) is 29.2 Å². The maximum absolute atomic E-state index is 12.2. The molecular formula is C14H19BrO2S. The van der Waals surface area contributed by atoms with E-state index < -0.39 is 9.84 Å². The third kappa shape index (κ3) is 2.03. The summed E-state index contributed by atoms with van der Waals surface area (Å²) in [6, 6.07) is 7.48. The molecule has 1 unspecified atom stereocenters. The first-order chi connectivity index (χ1) is 8.50. The minimum absolute atomic E-state index is 0.0413. The molecule has 0 spiro atoms. The van der Waals surface area contributed by atoms with Crippen LogP contribution in [0, 0.1) is 5.41 Å². The van der Waals surface area contributed by atoms with Gasteiger partial charge in [-0.05, 0) is 29.9 Å². The molecule has 0 fully saturated rings. The molecule has 0 aliphatic carbocycles. The zero-order valence-corrected chi connectivity index (χ0v) is 13.2. The molecule has 4 heteroatoms. The number of hydrogen-bond donors (Lipinski definition) is 0. The summed E-state index contributed by atoms with van der Waals surface area (Å²) in [6.45, 7) is 4.30. The van der Waals surface area contributed by atoms with Crippen molar-refractivity contribution in [2.75, 3.05) is 11.1 Å². The van der Waals surface area contributed by atoms with Crippen LogP contribution < -0.4 is 0 Å². The molecule has 2 rings (SSSR count). The number of halogens is 1. The number of hydrogen-bond acceptors (Lipinski definition) is 2. The number of alkyl halides is 1. The molecule has 0 aromatic heterocycles. The van der Waals surface area contributed by atoms with Gasteiger partial charge in [0.15, 0.2) is 9.84 Å². The lowest BCUT2D eigenvalue weighted by Crippen LogP contribution is -2.30. The van der Waals surface area contributed by atoms with Gasteiger partial charge in [-0.1, -0.05) is 48.0 Å². The van der Waals surface area contributed by atoms with Gasteiger partial charge in [-0.3, -0.25) is 0 Å². The minimum Gasteiger partial charge on any atom is -0.224 e. The quantitative estimate of drug-likeness (QED) is 0.787. The fraction of sp³-hybridized carbons (Fsp3) is 0.571. The summed E-state index contributed by atoms with van der Waals surface area (Å²) in [4.78, 5) is 0.544. The molecule has 0 N–H and O–H groups in total. The molecule has 0 bridgehead atoms. The van der Waals surface area contributed by atoms with Crippen molar-refractivity contribution in [2.45, 2.75) is 37.5 Å². The largest absolute Gasteiger partial charge is 0.224 e. The minimum atomic E-state index is -3.09. The molecule has 1 atom stereocenters. The van der Waals surface area contributed by atoms with Gasteiger partial charge >= 0.3 is 0 Å². The molecule has 0 saturated heterocycles. The second-order valence-corrected chi connectivity index (χ2v) is 7.64. The summed E-state index contributed by atoms with van der Waals surface area (Å²) >= 11 is 3.60. The molecule has 1 aromatic carbocycles. The number of rotatable bonds is 4. The summed E-state index contributed by atoms with van der Waals surface area (Å²) < 4.78 is 24.5. The van der Waals surface area contributed by atoms with Gasteiger partial charge in [0, 0.05) is 11.2 Å². The lowest BCUT2D eigenvalue weighted by atomic mass is 9.71. The van der Waals surface area contributed by atoms with Crippen LogP contribution in [-0.4, -0.2) is 19.5 Å². The summed E-state index contributed by atoms with van der Waals surface area (Å²) in [7, 11) is -3.09. The van der Waals surface area contributed by atoms with E-state index in [9.17, 15) is 8.42 Å². The lowest BCUT2D eigenvalue weighted by molar-refractivity contribution is 0.257. The van der Waals surface area contributed by atoms with Crippen molar-refractivity contribution in [1.29, 1.82) is 0 Å². The van der Waals surface area contributed by atoms with Gasteiger partial charge in [0.25, 0.3) is 0 Å². The molecule has 1 heterocycles. The normalized spacial score (nSPS) is 21.8. The van der Waals surface area contributed by atoms with Crippen LogP contribution in [-0.2, 0) is 9.84 Å². The maximum atomic E-state index is 12.2. The predicted molar refractivity (Wildman–Crippen MR) is 78.0 cm³/mol. The smallest absolute Gasteiger partial charge is 0.179 e. The molecule has 1 aromatic rings. The van der Waals surface area contributed by atoms with E-state index in [1.165, 1.54) is 0 Å². The van der Waals surface area contributed by atoms with Crippen molar-refractivity contribution < 1.29 is 8.42 Å². The predicted octanol–water partition coefficient (Wildman–Crippen LogP) is 3.76. The molecule has 2 nitrogen and oxygen atoms in total. The van der Waals surface area contributed by atoms with E-state index in [4.69, 9.17) is 0 Å². The first kappa shape index (κ1) is 14.1. The van der Waals surface area contributed by atoms with E-state index in [2.05, 4.69) is 29.8 Å². The van der Waals surface area contributed by atoms with Crippen molar-refractivity contribution in [3.8, 4) is 0 Å². The van der Waals surface area contributed by atoms with Crippen LogP contribution in [0.4, 0.5) is 0 Å². The third-order valence-corrected chi connectivity index (χ3v) is 7.36. The Balaban J connectivity index is 2.57. The second kappa shape index (κ2) is 4.97. The summed E-state index contributed by atoms with van der Waals surface area (Å²) in [5.74, 6) is 0.382. The van der Waals surface area contributed by atoms with Gasteiger partial charge in [-0.25, -0.2) is 8.42 Å². The molecule has 1 aliphatic heterocycles. The Morgan fingerprint density at radius 1 is 1.28 bits per heavy atom. The number of fused-ring (bicyclic) bond motifs is 1. The lowest BCUT2D eigenvalue weighted by Gasteiger charge is -2.36. The molecule has 0 amide bonds. The highest BCUT2D eigenvalue weighted by molar-refractivity contribution is 9.09. The van der Waals surface area contributed by atoms with Gasteiger partial charge in [0.05, 0.1) is 10.6 Å². The van der Waals surface area contributed by atoms with E-state index >= 15 is 0 Å². The van der Waals surface area contributed by atoms with E-state index in [-0.39, 0.29) is 17.1 Å². The fourth-order valence-electron chi connectivity index (χ4n) is 2.98. The van der Waals surface area contributed by atoms with Gasteiger partial charge in [-0.15, -0.1) is 0 Å². The Hall–Kier alpha value is -0.350. The highest BCUT2D eigenvalue weighted by atomic mass is 79.9. The summed E-state index contributed by atoms with van der Waals surface area (Å²) in [5.41, 5.74) is 1.06. The SMILES string of the molecule is CCC(CC)(CBr)C1CS(=O)(=O)c2ccccc21. The molecule has 18 heavy (non-hydrogen) atoms. The van der Waals surface area contributed by atoms with E-state index in [0.29, 0.717) is 4.90 Å². The van der Waals surface area contributed by atoms with Crippen molar-refractivity contribution in [3.63, 3.8) is 0 Å². The van der Waals surface area contributed by atoms with Crippen LogP contribution in [0.1, 0.15) is 38.2 Å². The second-order valence-electron chi connectivity index (χ2n) is 5.07. The Labute approximate surface area is 118 Å². The van der Waals surface area contributed by atoms with Crippen molar-refractivity contribution in [3.05, 3.63) is 29.8 Å². The summed E-state index contributed by atoms with van der Waals surface area (Å²) in [6.07, 6.45) is 1.98. The van der Waals surface area contributed by atoms with E-state index in [1.807, 2.05) is 18.2 Å². The first-order valence-electron chi connectivity index (χ1n) is 6.38. The first-order valence-corrected chi connectivity index (χ1v) is 9.15. The Bertz CT molecular complexity index is 524. The van der Waals surface area contributed by atoms with Crippen LogP contribution in [0.3, 0.4) is 0 Å². The van der Waals surface area contributed by atoms with Crippen LogP contribution in [0.25, 0.3) is 0 Å². The Morgan fingerprint density at radius 3 is 2.44 bits per heavy atom. The third-order valence-electron chi connectivity index (χ3n) is 4.43. The highest BCUT2D eigenvalue weighted by Crippen LogP contribution is 2.49. The average Bonchev–Trinajstić information content (AvgIpc) is 2.66. The molecule has 100 valence electrons. The van der Waals surface area contributed by atoms with Gasteiger partial charge in [0.2, 0.25) is 0 Å². The van der Waals surface area contributed by atoms with Gasteiger partial charge in [0.1, 0.15) is 0 Å². The van der Waals surface area contributed by atoms with Crippen LogP contribution >= 0.6 is 15.9 Å². The molecule has 0 saturated carbocycles. The standard InChI is InChI=1S/C14H19BrO2S/c1-3-14(4-2,10-15)12-9-18(16,17)13-8-6-5-7-11(12)13/h5-8,12H,3-4,9-10H2,1-2H3. The Kier molecular flexibility index (Phi) is 3.88. The molecular weight excluding hydrogens is 312 g/mol. The average molecular weight is 331 g/mol. The van der Waals surface area contributed by atoms with Gasteiger partial charge < -0.3 is 0 Å². The molecule has 1 aliphatic rings. The van der Waals surface area contributed by atoms with E-state index in [0.717, 1.165) is 23.7 Å². The molecule has 0 radical (unpaired) electrons. The van der Waals surface area contributed by atoms with Crippen LogP contribution in [0.2, 0.25) is 0 Å². The zero-order valence-electron chi connectivity index (χ0n) is 10.8. The monoisotopic (exact) mass is 330 g/mol. The maximum Gasteiger partial charge on any atom is 0.179 e. The van der Waals surface area contributed by atoms with E-state index in [1.54, 1.807) is 6.07 Å². The number of benzene rings is 1. The fourth-order valence-corrected chi connectivity index (χ4v) is 6.17. The van der Waals surface area contributed by atoms with Crippen LogP contribution in [0.5, 0.6) is 0 Å². The Morgan fingerprint density at radius 2 is 1.89 bits per heavy atom. The van der Waals surface area contributed by atoms with Gasteiger partial charge in [-0.2, -0.15) is 0 Å². The topological polar surface area (TPSA) is 34.1 Å². The summed E-state index contributed by atoms with van der Waals surface area (Å²) in [5, 5.41) is 0.849. The van der Waals surface area contributed by atoms with Crippen molar-refractivity contribution in [1.82, 2.24) is 0 Å². The highest BCUT2D eigenvalue weighted by Gasteiger charge is 2.45. The number of sulfone groups is 1. The zero-order chi connectivity index (χ0) is 13.4.